The Kier molecular flexibility index (Phi) is 4.24. The van der Waals surface area contributed by atoms with E-state index < -0.39 is 27.3 Å². The molecule has 0 saturated heterocycles. The van der Waals surface area contributed by atoms with Crippen LogP contribution in [0, 0.1) is 0 Å². The molecule has 0 N–H and O–H groups in total. The van der Waals surface area contributed by atoms with Gasteiger partial charge in [0.2, 0.25) is 0 Å². The molecule has 1 aromatic heterocycles. The number of alkyl halides is 3. The summed E-state index contributed by atoms with van der Waals surface area (Å²) in [4.78, 5) is 13.2. The summed E-state index contributed by atoms with van der Waals surface area (Å²) in [6, 6.07) is 0. The molecular formula is C5HBrF3LiN2O2. The summed E-state index contributed by atoms with van der Waals surface area (Å²) in [6.07, 6.45) is -4.09. The molecule has 1 aromatic rings. The van der Waals surface area contributed by atoms with E-state index in [1.807, 2.05) is 0 Å². The van der Waals surface area contributed by atoms with E-state index in [0.717, 1.165) is 6.20 Å². The van der Waals surface area contributed by atoms with Gasteiger partial charge in [0.1, 0.15) is 10.6 Å². The largest absolute Gasteiger partial charge is 1.00 e. The number of imidazole rings is 1. The molecule has 0 aliphatic heterocycles. The molecule has 0 aromatic carbocycles. The number of aromatic carboxylic acids is 1. The van der Waals surface area contributed by atoms with Crippen molar-refractivity contribution in [2.45, 2.75) is 6.30 Å². The number of carboxylic acid groups (broad SMARTS) is 1. The van der Waals surface area contributed by atoms with Crippen LogP contribution in [0.4, 0.5) is 13.2 Å². The number of hydrogen-bond donors (Lipinski definition) is 0. The summed E-state index contributed by atoms with van der Waals surface area (Å²) < 4.78 is 35.4. The maximum Gasteiger partial charge on any atom is 1.00 e. The Balaban J connectivity index is 0.00000169. The standard InChI is InChI=1S/C5H2BrF3N2O2.Li/c6-2-1-10-3(4(12)13)11(2)5(7,8)9;/h1H,(H,12,13);/q;+1/p-1. The number of rotatable bonds is 1. The van der Waals surface area contributed by atoms with Crippen LogP contribution in [0.25, 0.3) is 0 Å². The maximum atomic E-state index is 12.1. The summed E-state index contributed by atoms with van der Waals surface area (Å²) in [6.45, 7) is 0. The Morgan fingerprint density at radius 2 is 2.07 bits per heavy atom. The Hall–Kier alpha value is -0.453. The number of carbonyl (C=O) groups is 1. The van der Waals surface area contributed by atoms with Crippen LogP contribution >= 0.6 is 15.9 Å². The second kappa shape index (κ2) is 4.38. The number of hydrogen-bond acceptors (Lipinski definition) is 3. The van der Waals surface area contributed by atoms with Gasteiger partial charge in [-0.2, -0.15) is 0 Å². The summed E-state index contributed by atoms with van der Waals surface area (Å²) in [5, 5.41) is 10.2. The SMILES string of the molecule is O=C([O-])c1ncc(Br)n1C(F)(F)F.[Li+]. The molecule has 0 aliphatic rings. The van der Waals surface area contributed by atoms with Crippen LogP contribution in [0.15, 0.2) is 10.8 Å². The molecule has 0 saturated carbocycles. The van der Waals surface area contributed by atoms with E-state index in [0.29, 0.717) is 0 Å². The second-order valence-electron chi connectivity index (χ2n) is 2.00. The smallest absolute Gasteiger partial charge is 0.542 e. The number of carboxylic acids is 1. The molecule has 0 aliphatic carbocycles. The fraction of sp³-hybridized carbons (Fsp3) is 0.200. The van der Waals surface area contributed by atoms with Crippen LogP contribution in [-0.2, 0) is 6.30 Å². The fourth-order valence-electron chi connectivity index (χ4n) is 0.716. The number of aromatic nitrogens is 2. The van der Waals surface area contributed by atoms with Crippen LogP contribution in [0.1, 0.15) is 10.6 Å². The van der Waals surface area contributed by atoms with Crippen molar-refractivity contribution in [3.63, 3.8) is 0 Å². The summed E-state index contributed by atoms with van der Waals surface area (Å²) in [5.74, 6) is -3.16. The average molecular weight is 265 g/mol. The van der Waals surface area contributed by atoms with E-state index in [2.05, 4.69) is 20.9 Å². The normalized spacial score (nSPS) is 10.9. The zero-order valence-electron chi connectivity index (χ0n) is 6.80. The third kappa shape index (κ3) is 2.53. The molecule has 0 fully saturated rings. The Bertz CT molecular complexity index is 351. The molecule has 0 radical (unpaired) electrons. The van der Waals surface area contributed by atoms with Crippen LogP contribution < -0.4 is 24.0 Å². The Morgan fingerprint density at radius 3 is 2.36 bits per heavy atom. The van der Waals surface area contributed by atoms with Crippen molar-refractivity contribution in [2.24, 2.45) is 0 Å². The molecule has 72 valence electrons. The van der Waals surface area contributed by atoms with Gasteiger partial charge in [-0.05, 0) is 15.9 Å². The first-order valence-corrected chi connectivity index (χ1v) is 3.65. The first-order chi connectivity index (χ1) is 5.84. The van der Waals surface area contributed by atoms with Gasteiger partial charge in [-0.25, -0.2) is 9.55 Å². The first-order valence-electron chi connectivity index (χ1n) is 2.86. The molecule has 0 bridgehead atoms. The predicted molar refractivity (Wildman–Crippen MR) is 35.6 cm³/mol. The molecule has 0 unspecified atom stereocenters. The molecular weight excluding hydrogens is 264 g/mol. The zero-order valence-corrected chi connectivity index (χ0v) is 8.39. The van der Waals surface area contributed by atoms with Crippen LogP contribution in [0.5, 0.6) is 0 Å². The Morgan fingerprint density at radius 1 is 1.57 bits per heavy atom. The minimum Gasteiger partial charge on any atom is -0.542 e. The minimum atomic E-state index is -4.83. The summed E-state index contributed by atoms with van der Waals surface area (Å²) >= 11 is 2.51. The van der Waals surface area contributed by atoms with Gasteiger partial charge in [0.05, 0.1) is 6.20 Å². The monoisotopic (exact) mass is 264 g/mol. The van der Waals surface area contributed by atoms with Crippen molar-refractivity contribution in [1.82, 2.24) is 9.55 Å². The van der Waals surface area contributed by atoms with Crippen molar-refractivity contribution in [3.8, 4) is 0 Å². The molecule has 0 atom stereocenters. The van der Waals surface area contributed by atoms with Crippen molar-refractivity contribution in [1.29, 1.82) is 0 Å². The van der Waals surface area contributed by atoms with Gasteiger partial charge in [0.25, 0.3) is 0 Å². The molecule has 14 heavy (non-hydrogen) atoms. The van der Waals surface area contributed by atoms with Crippen molar-refractivity contribution in [2.75, 3.05) is 0 Å². The third-order valence-electron chi connectivity index (χ3n) is 1.15. The van der Waals surface area contributed by atoms with Crippen molar-refractivity contribution >= 4 is 21.9 Å². The second-order valence-corrected chi connectivity index (χ2v) is 2.81. The maximum absolute atomic E-state index is 12.1. The van der Waals surface area contributed by atoms with E-state index in [-0.39, 0.29) is 18.9 Å². The van der Waals surface area contributed by atoms with E-state index >= 15 is 0 Å². The molecule has 0 amide bonds. The zero-order chi connectivity index (χ0) is 10.2. The number of carbonyl (C=O) groups excluding carboxylic acids is 1. The van der Waals surface area contributed by atoms with E-state index in [1.165, 1.54) is 0 Å². The van der Waals surface area contributed by atoms with Crippen molar-refractivity contribution in [3.05, 3.63) is 16.6 Å². The molecule has 9 heteroatoms. The van der Waals surface area contributed by atoms with E-state index in [4.69, 9.17) is 0 Å². The quantitative estimate of drug-likeness (QED) is 0.527. The minimum absolute atomic E-state index is 0. The van der Waals surface area contributed by atoms with Gasteiger partial charge in [-0.15, -0.1) is 13.2 Å². The molecule has 1 rings (SSSR count). The number of nitrogens with zero attached hydrogens (tertiary/aromatic N) is 2. The van der Waals surface area contributed by atoms with Gasteiger partial charge in [0, 0.05) is 0 Å². The van der Waals surface area contributed by atoms with Crippen LogP contribution in [-0.4, -0.2) is 15.5 Å². The van der Waals surface area contributed by atoms with Gasteiger partial charge in [-0.3, -0.25) is 0 Å². The van der Waals surface area contributed by atoms with Gasteiger partial charge in [-0.1, -0.05) is 0 Å². The number of halogens is 4. The van der Waals surface area contributed by atoms with Gasteiger partial charge >= 0.3 is 25.2 Å². The van der Waals surface area contributed by atoms with Crippen LogP contribution in [0.3, 0.4) is 0 Å². The molecule has 1 heterocycles. The predicted octanol–water partition coefficient (Wildman–Crippen LogP) is -2.51. The first kappa shape index (κ1) is 13.5. The molecule has 4 nitrogen and oxygen atoms in total. The molecule has 0 spiro atoms. The summed E-state index contributed by atoms with van der Waals surface area (Å²) in [5.41, 5.74) is 0. The van der Waals surface area contributed by atoms with Crippen LogP contribution in [0.2, 0.25) is 0 Å². The van der Waals surface area contributed by atoms with E-state index in [9.17, 15) is 23.1 Å². The van der Waals surface area contributed by atoms with E-state index in [1.54, 1.807) is 0 Å². The average Bonchev–Trinajstić information content (AvgIpc) is 2.28. The summed E-state index contributed by atoms with van der Waals surface area (Å²) in [7, 11) is 0. The van der Waals surface area contributed by atoms with Gasteiger partial charge in [0.15, 0.2) is 5.82 Å². The Labute approximate surface area is 96.4 Å². The fourth-order valence-corrected chi connectivity index (χ4v) is 1.19. The topological polar surface area (TPSA) is 57.9 Å². The third-order valence-corrected chi connectivity index (χ3v) is 1.71. The van der Waals surface area contributed by atoms with Crippen molar-refractivity contribution < 1.29 is 41.9 Å². The van der Waals surface area contributed by atoms with Gasteiger partial charge < -0.3 is 9.90 Å².